The standard InChI is InChI=1S/C16H22N6O2S/c1-2-25(24)21-12-5-3-11(4-6-12)13-9-19-16(20-14(13)15(17)23)22-8-7-18-10-22/h7-12,21H,2-6H2,1H3,(H2,17,23). The summed E-state index contributed by atoms with van der Waals surface area (Å²) in [6.07, 6.45) is 10.2. The second kappa shape index (κ2) is 7.94. The van der Waals surface area contributed by atoms with E-state index < -0.39 is 17.3 Å². The van der Waals surface area contributed by atoms with Gasteiger partial charge in [-0.15, -0.1) is 4.72 Å². The van der Waals surface area contributed by atoms with Crippen LogP contribution in [0.15, 0.2) is 24.9 Å². The molecule has 1 atom stereocenters. The number of carbonyl (C=O) groups excluding carboxylic acids is 1. The minimum atomic E-state index is -0.970. The Hall–Kier alpha value is -1.97. The van der Waals surface area contributed by atoms with E-state index in [1.807, 2.05) is 6.92 Å². The lowest BCUT2D eigenvalue weighted by molar-refractivity contribution is 0.0993. The van der Waals surface area contributed by atoms with Crippen molar-refractivity contribution in [1.29, 1.82) is 0 Å². The number of nitrogens with two attached hydrogens (primary N) is 1. The lowest BCUT2D eigenvalue weighted by atomic mass is 9.82. The molecule has 1 aliphatic rings. The fraction of sp³-hybridized carbons (Fsp3) is 0.500. The Morgan fingerprint density at radius 3 is 2.80 bits per heavy atom. The molecule has 3 rings (SSSR count). The van der Waals surface area contributed by atoms with Crippen molar-refractivity contribution in [1.82, 2.24) is 24.2 Å². The molecule has 0 spiro atoms. The van der Waals surface area contributed by atoms with Crippen molar-refractivity contribution in [2.24, 2.45) is 5.73 Å². The van der Waals surface area contributed by atoms with Crippen LogP contribution < -0.4 is 10.5 Å². The van der Waals surface area contributed by atoms with Crippen LogP contribution in [-0.4, -0.2) is 41.8 Å². The molecule has 2 aromatic heterocycles. The number of amides is 1. The minimum absolute atomic E-state index is 0.187. The first-order valence-electron chi connectivity index (χ1n) is 8.38. The van der Waals surface area contributed by atoms with Gasteiger partial charge in [-0.25, -0.2) is 15.0 Å². The number of hydrogen-bond donors (Lipinski definition) is 2. The third-order valence-electron chi connectivity index (χ3n) is 4.50. The number of primary amides is 1. The van der Waals surface area contributed by atoms with E-state index in [0.29, 0.717) is 11.7 Å². The largest absolute Gasteiger partial charge is 0.598 e. The molecule has 0 bridgehead atoms. The molecule has 25 heavy (non-hydrogen) atoms. The van der Waals surface area contributed by atoms with Gasteiger partial charge in [0, 0.05) is 35.5 Å². The zero-order chi connectivity index (χ0) is 17.8. The summed E-state index contributed by atoms with van der Waals surface area (Å²) in [5, 5.41) is 0. The van der Waals surface area contributed by atoms with Gasteiger partial charge in [0.15, 0.2) is 0 Å². The normalized spacial score (nSPS) is 21.8. The third kappa shape index (κ3) is 4.17. The number of carbonyl (C=O) groups is 1. The van der Waals surface area contributed by atoms with Crippen molar-refractivity contribution < 1.29 is 9.35 Å². The van der Waals surface area contributed by atoms with Crippen LogP contribution in [0.1, 0.15) is 54.6 Å². The van der Waals surface area contributed by atoms with Crippen LogP contribution in [-0.2, 0) is 11.4 Å². The molecule has 3 N–H and O–H groups in total. The molecular weight excluding hydrogens is 340 g/mol. The predicted octanol–water partition coefficient (Wildman–Crippen LogP) is 1.06. The number of nitrogens with one attached hydrogen (secondary N) is 1. The summed E-state index contributed by atoms with van der Waals surface area (Å²) >= 11 is -0.970. The summed E-state index contributed by atoms with van der Waals surface area (Å²) in [4.78, 5) is 24.6. The Kier molecular flexibility index (Phi) is 5.67. The summed E-state index contributed by atoms with van der Waals surface area (Å²) in [6.45, 7) is 1.90. The van der Waals surface area contributed by atoms with Gasteiger partial charge in [0.05, 0.1) is 6.04 Å². The molecule has 134 valence electrons. The lowest BCUT2D eigenvalue weighted by Crippen LogP contribution is -2.38. The molecule has 0 aromatic carbocycles. The van der Waals surface area contributed by atoms with E-state index in [0.717, 1.165) is 31.2 Å². The Labute approximate surface area is 149 Å². The smallest absolute Gasteiger partial charge is 0.267 e. The maximum absolute atomic E-state index is 11.9. The molecule has 1 saturated carbocycles. The fourth-order valence-electron chi connectivity index (χ4n) is 3.17. The van der Waals surface area contributed by atoms with E-state index in [-0.39, 0.29) is 17.7 Å². The summed E-state index contributed by atoms with van der Waals surface area (Å²) < 4.78 is 16.4. The SMILES string of the molecule is CC[S+]([O-])NC1CCC(c2cnc(-n3ccnc3)nc2C(N)=O)CC1. The zero-order valence-electron chi connectivity index (χ0n) is 14.1. The van der Waals surface area contributed by atoms with E-state index in [1.54, 1.807) is 29.5 Å². The number of imidazole rings is 1. The second-order valence-electron chi connectivity index (χ2n) is 6.11. The number of aromatic nitrogens is 4. The molecule has 2 heterocycles. The van der Waals surface area contributed by atoms with E-state index in [4.69, 9.17) is 5.73 Å². The lowest BCUT2D eigenvalue weighted by Gasteiger charge is -2.29. The van der Waals surface area contributed by atoms with Crippen LogP contribution in [0.4, 0.5) is 0 Å². The molecule has 2 aromatic rings. The van der Waals surface area contributed by atoms with Crippen molar-refractivity contribution in [2.45, 2.75) is 44.6 Å². The summed E-state index contributed by atoms with van der Waals surface area (Å²) in [5.41, 5.74) is 6.62. The Bertz CT molecular complexity index is 715. The van der Waals surface area contributed by atoms with Crippen molar-refractivity contribution in [3.63, 3.8) is 0 Å². The molecule has 0 aliphatic heterocycles. The first-order chi connectivity index (χ1) is 12.1. The fourth-order valence-corrected chi connectivity index (χ4v) is 3.95. The number of rotatable bonds is 6. The predicted molar refractivity (Wildman–Crippen MR) is 94.5 cm³/mol. The van der Waals surface area contributed by atoms with Gasteiger partial charge in [-0.05, 0) is 38.5 Å². The van der Waals surface area contributed by atoms with E-state index >= 15 is 0 Å². The molecule has 0 radical (unpaired) electrons. The molecule has 8 nitrogen and oxygen atoms in total. The zero-order valence-corrected chi connectivity index (χ0v) is 14.9. The summed E-state index contributed by atoms with van der Waals surface area (Å²) in [7, 11) is 0. The van der Waals surface area contributed by atoms with Gasteiger partial charge >= 0.3 is 0 Å². The average Bonchev–Trinajstić information content (AvgIpc) is 3.16. The van der Waals surface area contributed by atoms with Gasteiger partial charge in [0.1, 0.15) is 17.8 Å². The minimum Gasteiger partial charge on any atom is -0.598 e. The van der Waals surface area contributed by atoms with E-state index in [2.05, 4.69) is 19.7 Å². The number of hydrogen-bond acceptors (Lipinski definition) is 6. The quantitative estimate of drug-likeness (QED) is 0.741. The Morgan fingerprint density at radius 2 is 2.20 bits per heavy atom. The molecular formula is C16H22N6O2S. The molecule has 1 amide bonds. The Morgan fingerprint density at radius 1 is 1.44 bits per heavy atom. The van der Waals surface area contributed by atoms with Crippen molar-refractivity contribution in [2.75, 3.05) is 5.75 Å². The number of nitrogens with zero attached hydrogens (tertiary/aromatic N) is 4. The second-order valence-corrected chi connectivity index (χ2v) is 7.61. The summed E-state index contributed by atoms with van der Waals surface area (Å²) in [6, 6.07) is 0.250. The van der Waals surface area contributed by atoms with Gasteiger partial charge in [-0.2, -0.15) is 0 Å². The van der Waals surface area contributed by atoms with Gasteiger partial charge in [-0.1, -0.05) is 0 Å². The van der Waals surface area contributed by atoms with Gasteiger partial charge < -0.3 is 10.3 Å². The van der Waals surface area contributed by atoms with Crippen LogP contribution in [0.5, 0.6) is 0 Å². The van der Waals surface area contributed by atoms with Gasteiger partial charge in [-0.3, -0.25) is 9.36 Å². The highest BCUT2D eigenvalue weighted by molar-refractivity contribution is 7.89. The first-order valence-corrected chi connectivity index (χ1v) is 9.70. The van der Waals surface area contributed by atoms with Crippen LogP contribution in [0.3, 0.4) is 0 Å². The van der Waals surface area contributed by atoms with Crippen LogP contribution in [0, 0.1) is 0 Å². The third-order valence-corrected chi connectivity index (χ3v) is 5.62. The van der Waals surface area contributed by atoms with Crippen molar-refractivity contribution >= 4 is 17.3 Å². The van der Waals surface area contributed by atoms with Crippen LogP contribution in [0.25, 0.3) is 5.95 Å². The first kappa shape index (κ1) is 17.8. The average molecular weight is 362 g/mol. The molecule has 1 aliphatic carbocycles. The molecule has 1 fully saturated rings. The van der Waals surface area contributed by atoms with Gasteiger partial charge in [0.25, 0.3) is 5.91 Å². The Balaban J connectivity index is 1.75. The van der Waals surface area contributed by atoms with E-state index in [9.17, 15) is 9.35 Å². The molecule has 1 unspecified atom stereocenters. The summed E-state index contributed by atoms with van der Waals surface area (Å²) in [5.74, 6) is 0.622. The highest BCUT2D eigenvalue weighted by Gasteiger charge is 2.28. The topological polar surface area (TPSA) is 122 Å². The molecule has 9 heteroatoms. The highest BCUT2D eigenvalue weighted by atomic mass is 32.2. The van der Waals surface area contributed by atoms with Crippen molar-refractivity contribution in [3.8, 4) is 5.95 Å². The molecule has 0 saturated heterocycles. The van der Waals surface area contributed by atoms with Crippen LogP contribution >= 0.6 is 0 Å². The maximum atomic E-state index is 11.9. The van der Waals surface area contributed by atoms with Gasteiger partial charge in [0.2, 0.25) is 5.95 Å². The van der Waals surface area contributed by atoms with E-state index in [1.165, 1.54) is 0 Å². The van der Waals surface area contributed by atoms with Crippen LogP contribution in [0.2, 0.25) is 0 Å². The monoisotopic (exact) mass is 362 g/mol. The highest BCUT2D eigenvalue weighted by Crippen LogP contribution is 2.34. The maximum Gasteiger partial charge on any atom is 0.267 e. The van der Waals surface area contributed by atoms with Crippen molar-refractivity contribution in [3.05, 3.63) is 36.2 Å².